The van der Waals surface area contributed by atoms with Crippen molar-refractivity contribution in [3.8, 4) is 0 Å². The Morgan fingerprint density at radius 3 is 2.52 bits per heavy atom. The standard InChI is InChI=1S/C16H22N2O3/c1-10-5-6-14(11(2)9-10)17(4)16(21)18-8-7-13(12(18)3)15(19)20/h5-6,9,12-13H,7-8H2,1-4H3,(H,19,20). The molecule has 0 aromatic heterocycles. The number of likely N-dealkylation sites (tertiary alicyclic amines) is 1. The van der Waals surface area contributed by atoms with E-state index in [2.05, 4.69) is 0 Å². The van der Waals surface area contributed by atoms with Crippen LogP contribution in [0, 0.1) is 19.8 Å². The summed E-state index contributed by atoms with van der Waals surface area (Å²) >= 11 is 0. The molecule has 2 amide bonds. The quantitative estimate of drug-likeness (QED) is 0.911. The minimum atomic E-state index is -0.827. The molecule has 1 aromatic carbocycles. The Kier molecular flexibility index (Phi) is 4.21. The van der Waals surface area contributed by atoms with Gasteiger partial charge < -0.3 is 10.0 Å². The van der Waals surface area contributed by atoms with Gasteiger partial charge in [0.2, 0.25) is 0 Å². The van der Waals surface area contributed by atoms with Gasteiger partial charge in [-0.3, -0.25) is 9.69 Å². The minimum Gasteiger partial charge on any atom is -0.481 e. The van der Waals surface area contributed by atoms with Crippen LogP contribution in [0.3, 0.4) is 0 Å². The number of carbonyl (C=O) groups is 2. The van der Waals surface area contributed by atoms with E-state index in [0.29, 0.717) is 13.0 Å². The number of nitrogens with zero attached hydrogens (tertiary/aromatic N) is 2. The summed E-state index contributed by atoms with van der Waals surface area (Å²) in [5.74, 6) is -1.30. The number of benzene rings is 1. The summed E-state index contributed by atoms with van der Waals surface area (Å²) in [6.45, 7) is 6.28. The molecule has 2 rings (SSSR count). The Labute approximate surface area is 125 Å². The molecule has 0 saturated carbocycles. The van der Waals surface area contributed by atoms with Gasteiger partial charge in [0.05, 0.1) is 5.92 Å². The highest BCUT2D eigenvalue weighted by molar-refractivity contribution is 5.93. The van der Waals surface area contributed by atoms with Gasteiger partial charge in [-0.1, -0.05) is 17.7 Å². The maximum Gasteiger partial charge on any atom is 0.324 e. The molecule has 2 unspecified atom stereocenters. The third kappa shape index (κ3) is 2.86. The maximum atomic E-state index is 12.6. The predicted molar refractivity (Wildman–Crippen MR) is 81.6 cm³/mol. The molecule has 0 bridgehead atoms. The number of anilines is 1. The molecule has 2 atom stereocenters. The van der Waals surface area contributed by atoms with Gasteiger partial charge in [0, 0.05) is 25.3 Å². The molecule has 21 heavy (non-hydrogen) atoms. The van der Waals surface area contributed by atoms with Crippen molar-refractivity contribution in [2.45, 2.75) is 33.2 Å². The molecule has 1 fully saturated rings. The Hall–Kier alpha value is -2.04. The van der Waals surface area contributed by atoms with Gasteiger partial charge >= 0.3 is 12.0 Å². The van der Waals surface area contributed by atoms with Gasteiger partial charge in [-0.2, -0.15) is 0 Å². The van der Waals surface area contributed by atoms with Crippen molar-refractivity contribution in [1.82, 2.24) is 4.90 Å². The number of rotatable bonds is 2. The molecule has 1 aliphatic rings. The second-order valence-corrected chi connectivity index (χ2v) is 5.80. The van der Waals surface area contributed by atoms with Crippen molar-refractivity contribution < 1.29 is 14.7 Å². The van der Waals surface area contributed by atoms with Crippen molar-refractivity contribution in [1.29, 1.82) is 0 Å². The third-order valence-corrected chi connectivity index (χ3v) is 4.32. The number of carbonyl (C=O) groups excluding carboxylic acids is 1. The Balaban J connectivity index is 2.18. The molecule has 5 nitrogen and oxygen atoms in total. The Morgan fingerprint density at radius 1 is 1.33 bits per heavy atom. The molecule has 1 saturated heterocycles. The van der Waals surface area contributed by atoms with Crippen LogP contribution in [0.25, 0.3) is 0 Å². The van der Waals surface area contributed by atoms with Crippen LogP contribution in [0.4, 0.5) is 10.5 Å². The van der Waals surface area contributed by atoms with Gasteiger partial charge in [0.1, 0.15) is 0 Å². The molecule has 5 heteroatoms. The van der Waals surface area contributed by atoms with Crippen LogP contribution in [0.5, 0.6) is 0 Å². The van der Waals surface area contributed by atoms with Crippen LogP contribution < -0.4 is 4.90 Å². The first kappa shape index (κ1) is 15.4. The normalized spacial score (nSPS) is 21.4. The molecule has 0 aliphatic carbocycles. The first-order valence-corrected chi connectivity index (χ1v) is 7.17. The fourth-order valence-electron chi connectivity index (χ4n) is 3.02. The third-order valence-electron chi connectivity index (χ3n) is 4.32. The van der Waals surface area contributed by atoms with Gasteiger partial charge in [-0.05, 0) is 38.8 Å². The number of amides is 2. The van der Waals surface area contributed by atoms with Crippen LogP contribution in [0.2, 0.25) is 0 Å². The molecule has 114 valence electrons. The van der Waals surface area contributed by atoms with Gasteiger partial charge in [0.15, 0.2) is 0 Å². The molecule has 0 radical (unpaired) electrons. The number of hydrogen-bond acceptors (Lipinski definition) is 2. The highest BCUT2D eigenvalue weighted by Gasteiger charge is 2.39. The van der Waals surface area contributed by atoms with Crippen LogP contribution in [0.1, 0.15) is 24.5 Å². The maximum absolute atomic E-state index is 12.6. The molecule has 1 heterocycles. The van der Waals surface area contributed by atoms with Crippen LogP contribution in [-0.2, 0) is 4.79 Å². The number of hydrogen-bond donors (Lipinski definition) is 1. The first-order chi connectivity index (χ1) is 9.82. The zero-order valence-corrected chi connectivity index (χ0v) is 13.0. The summed E-state index contributed by atoms with van der Waals surface area (Å²) in [6.07, 6.45) is 0.517. The van der Waals surface area contributed by atoms with Crippen LogP contribution in [-0.4, -0.2) is 41.6 Å². The summed E-state index contributed by atoms with van der Waals surface area (Å²) in [5, 5.41) is 9.16. The smallest absolute Gasteiger partial charge is 0.324 e. The molecule has 1 aliphatic heterocycles. The average molecular weight is 290 g/mol. The van der Waals surface area contributed by atoms with E-state index in [9.17, 15) is 9.59 Å². The lowest BCUT2D eigenvalue weighted by molar-refractivity contribution is -0.142. The van der Waals surface area contributed by atoms with Gasteiger partial charge in [-0.15, -0.1) is 0 Å². The van der Waals surface area contributed by atoms with E-state index in [1.165, 1.54) is 0 Å². The van der Waals surface area contributed by atoms with E-state index in [4.69, 9.17) is 5.11 Å². The van der Waals surface area contributed by atoms with Crippen molar-refractivity contribution >= 4 is 17.7 Å². The largest absolute Gasteiger partial charge is 0.481 e. The number of carboxylic acid groups (broad SMARTS) is 1. The second kappa shape index (κ2) is 5.76. The van der Waals surface area contributed by atoms with Crippen molar-refractivity contribution in [2.75, 3.05) is 18.5 Å². The molecular formula is C16H22N2O3. The van der Waals surface area contributed by atoms with Crippen LogP contribution in [0.15, 0.2) is 18.2 Å². The fraction of sp³-hybridized carbons (Fsp3) is 0.500. The van der Waals surface area contributed by atoms with Crippen LogP contribution >= 0.6 is 0 Å². The molecular weight excluding hydrogens is 268 g/mol. The summed E-state index contributed by atoms with van der Waals surface area (Å²) in [5.41, 5.74) is 3.04. The fourth-order valence-corrected chi connectivity index (χ4v) is 3.02. The number of carboxylic acids is 1. The lowest BCUT2D eigenvalue weighted by Crippen LogP contribution is -2.45. The van der Waals surface area contributed by atoms with Gasteiger partial charge in [-0.25, -0.2) is 4.79 Å². The summed E-state index contributed by atoms with van der Waals surface area (Å²) in [6, 6.07) is 5.52. The van der Waals surface area contributed by atoms with Crippen molar-refractivity contribution in [3.63, 3.8) is 0 Å². The predicted octanol–water partition coefficient (Wildman–Crippen LogP) is 2.65. The number of urea groups is 1. The second-order valence-electron chi connectivity index (χ2n) is 5.80. The number of aliphatic carboxylic acids is 1. The van der Waals surface area contributed by atoms with Gasteiger partial charge in [0.25, 0.3) is 0 Å². The lowest BCUT2D eigenvalue weighted by Gasteiger charge is -2.29. The summed E-state index contributed by atoms with van der Waals surface area (Å²) in [4.78, 5) is 27.0. The van der Waals surface area contributed by atoms with Crippen molar-refractivity contribution in [3.05, 3.63) is 29.3 Å². The zero-order chi connectivity index (χ0) is 15.7. The first-order valence-electron chi connectivity index (χ1n) is 7.17. The highest BCUT2D eigenvalue weighted by Crippen LogP contribution is 2.28. The average Bonchev–Trinajstić information content (AvgIpc) is 2.79. The molecule has 1 aromatic rings. The molecule has 0 spiro atoms. The number of aryl methyl sites for hydroxylation is 2. The van der Waals surface area contributed by atoms with E-state index < -0.39 is 11.9 Å². The van der Waals surface area contributed by atoms with Crippen molar-refractivity contribution in [2.24, 2.45) is 5.92 Å². The minimum absolute atomic E-state index is 0.141. The Morgan fingerprint density at radius 2 is 2.00 bits per heavy atom. The zero-order valence-electron chi connectivity index (χ0n) is 13.0. The highest BCUT2D eigenvalue weighted by atomic mass is 16.4. The summed E-state index contributed by atoms with van der Waals surface area (Å²) < 4.78 is 0. The van der Waals surface area contributed by atoms with E-state index in [0.717, 1.165) is 16.8 Å². The topological polar surface area (TPSA) is 60.9 Å². The van der Waals surface area contributed by atoms with E-state index >= 15 is 0 Å². The SMILES string of the molecule is Cc1ccc(N(C)C(=O)N2CCC(C(=O)O)C2C)c(C)c1. The lowest BCUT2D eigenvalue weighted by atomic mass is 10.0. The van der Waals surface area contributed by atoms with E-state index in [-0.39, 0.29) is 12.1 Å². The Bertz CT molecular complexity index is 571. The van der Waals surface area contributed by atoms with E-state index in [1.54, 1.807) is 23.8 Å². The summed E-state index contributed by atoms with van der Waals surface area (Å²) in [7, 11) is 1.74. The monoisotopic (exact) mass is 290 g/mol. The van der Waals surface area contributed by atoms with E-state index in [1.807, 2.05) is 32.0 Å². The molecule has 1 N–H and O–H groups in total.